The number of para-hydroxylation sites is 3. The number of allylic oxidation sites excluding steroid dienone is 1. The van der Waals surface area contributed by atoms with Crippen molar-refractivity contribution in [1.29, 1.82) is 0 Å². The van der Waals surface area contributed by atoms with E-state index in [9.17, 15) is 0 Å². The number of hydrogen-bond donors (Lipinski definition) is 0. The number of nitrogens with zero attached hydrogens (tertiary/aromatic N) is 3. The van der Waals surface area contributed by atoms with Gasteiger partial charge in [-0.05, 0) is 95.1 Å². The average Bonchev–Trinajstić information content (AvgIpc) is 4.14. The second-order valence-electron chi connectivity index (χ2n) is 17.9. The third kappa shape index (κ3) is 5.55. The van der Waals surface area contributed by atoms with Gasteiger partial charge in [-0.3, -0.25) is 0 Å². The first-order valence-corrected chi connectivity index (χ1v) is 24.0. The zero-order chi connectivity index (χ0) is 44.5. The third-order valence-corrected chi connectivity index (χ3v) is 15.3. The highest BCUT2D eigenvalue weighted by atomic mass is 32.1. The van der Waals surface area contributed by atoms with E-state index in [1.165, 1.54) is 41.7 Å². The molecular formula is C62H37N3O2S. The molecule has 1 aliphatic rings. The van der Waals surface area contributed by atoms with Gasteiger partial charge in [0.25, 0.3) is 0 Å². The summed E-state index contributed by atoms with van der Waals surface area (Å²) in [6.45, 7) is 0. The van der Waals surface area contributed by atoms with Crippen molar-refractivity contribution in [3.05, 3.63) is 217 Å². The first-order chi connectivity index (χ1) is 33.7. The summed E-state index contributed by atoms with van der Waals surface area (Å²) in [5, 5.41) is 13.6. The lowest BCUT2D eigenvalue weighted by Crippen LogP contribution is -2.12. The van der Waals surface area contributed by atoms with Crippen molar-refractivity contribution in [3.63, 3.8) is 0 Å². The SMILES string of the molecule is C1=C(c2cccc3c2sc2ccccc23)N=C(c2c(-n3c4ccccc4c4cc5ccccc5cc43)ccc3oc4cc5ccccc5cc4c23)N=C(c2cccc3c2oc2ccccc23)CC1. The highest BCUT2D eigenvalue weighted by Crippen LogP contribution is 2.44. The van der Waals surface area contributed by atoms with Gasteiger partial charge in [-0.1, -0.05) is 140 Å². The largest absolute Gasteiger partial charge is 0.456 e. The fourth-order valence-corrected chi connectivity index (χ4v) is 12.2. The summed E-state index contributed by atoms with van der Waals surface area (Å²) in [6, 6.07) is 69.4. The van der Waals surface area contributed by atoms with E-state index in [-0.39, 0.29) is 0 Å². The van der Waals surface area contributed by atoms with Crippen molar-refractivity contribution >= 4 is 136 Å². The quantitative estimate of drug-likeness (QED) is 0.177. The lowest BCUT2D eigenvalue weighted by Gasteiger charge is -2.18. The molecule has 14 aromatic rings. The van der Waals surface area contributed by atoms with E-state index in [4.69, 9.17) is 18.8 Å². The Morgan fingerprint density at radius 2 is 1.13 bits per heavy atom. The lowest BCUT2D eigenvalue weighted by molar-refractivity contribution is 0.667. The molecule has 0 saturated carbocycles. The number of aromatic nitrogens is 1. The number of fused-ring (bicyclic) bond motifs is 14. The average molecular weight is 888 g/mol. The summed E-state index contributed by atoms with van der Waals surface area (Å²) in [5.41, 5.74) is 11.2. The topological polar surface area (TPSA) is 55.9 Å². The Morgan fingerprint density at radius 3 is 1.99 bits per heavy atom. The molecule has 1 aliphatic heterocycles. The first kappa shape index (κ1) is 37.6. The zero-order valence-corrected chi connectivity index (χ0v) is 37.3. The Labute approximate surface area is 392 Å². The number of rotatable bonds is 4. The van der Waals surface area contributed by atoms with Gasteiger partial charge in [0.1, 0.15) is 22.3 Å². The van der Waals surface area contributed by atoms with Gasteiger partial charge in [0.2, 0.25) is 0 Å². The van der Waals surface area contributed by atoms with Gasteiger partial charge in [0, 0.05) is 63.6 Å². The van der Waals surface area contributed by atoms with Crippen LogP contribution in [0.4, 0.5) is 0 Å². The van der Waals surface area contributed by atoms with Gasteiger partial charge in [-0.2, -0.15) is 0 Å². The Hall–Kier alpha value is -8.58. The first-order valence-electron chi connectivity index (χ1n) is 23.2. The van der Waals surface area contributed by atoms with Crippen LogP contribution < -0.4 is 0 Å². The van der Waals surface area contributed by atoms with Crippen molar-refractivity contribution in [3.8, 4) is 5.69 Å². The molecule has 0 fully saturated rings. The van der Waals surface area contributed by atoms with Crippen LogP contribution in [0.3, 0.4) is 0 Å². The Morgan fingerprint density at radius 1 is 0.456 bits per heavy atom. The Bertz CT molecular complexity index is 4570. The fourth-order valence-electron chi connectivity index (χ4n) is 11.0. The van der Waals surface area contributed by atoms with Gasteiger partial charge >= 0.3 is 0 Å². The van der Waals surface area contributed by atoms with E-state index in [1.807, 2.05) is 23.5 Å². The molecule has 15 rings (SSSR count). The van der Waals surface area contributed by atoms with Crippen LogP contribution >= 0.6 is 11.3 Å². The van der Waals surface area contributed by atoms with Crippen LogP contribution in [0.25, 0.3) is 119 Å². The summed E-state index contributed by atoms with van der Waals surface area (Å²) in [6.07, 6.45) is 3.73. The third-order valence-electron chi connectivity index (χ3n) is 14.1. The van der Waals surface area contributed by atoms with E-state index in [1.54, 1.807) is 0 Å². The maximum atomic E-state index is 6.92. The minimum Gasteiger partial charge on any atom is -0.456 e. The number of benzene rings is 10. The highest BCUT2D eigenvalue weighted by Gasteiger charge is 2.27. The molecule has 0 N–H and O–H groups in total. The van der Waals surface area contributed by atoms with Crippen molar-refractivity contribution in [2.24, 2.45) is 9.98 Å². The summed E-state index contributed by atoms with van der Waals surface area (Å²) in [4.78, 5) is 11.8. The van der Waals surface area contributed by atoms with Crippen LogP contribution in [0.2, 0.25) is 0 Å². The molecule has 318 valence electrons. The normalized spacial score (nSPS) is 13.7. The summed E-state index contributed by atoms with van der Waals surface area (Å²) >= 11 is 1.83. The summed E-state index contributed by atoms with van der Waals surface area (Å²) < 4.78 is 18.6. The lowest BCUT2D eigenvalue weighted by atomic mass is 9.98. The molecule has 4 aromatic heterocycles. The van der Waals surface area contributed by atoms with Gasteiger partial charge in [-0.15, -0.1) is 11.3 Å². The molecule has 0 unspecified atom stereocenters. The number of aliphatic imine (C=N–C) groups is 2. The monoisotopic (exact) mass is 887 g/mol. The second-order valence-corrected chi connectivity index (χ2v) is 18.9. The van der Waals surface area contributed by atoms with Gasteiger partial charge in [0.05, 0.1) is 33.7 Å². The van der Waals surface area contributed by atoms with Crippen LogP contribution in [0.5, 0.6) is 0 Å². The smallest absolute Gasteiger partial charge is 0.162 e. The maximum Gasteiger partial charge on any atom is 0.162 e. The molecule has 6 heteroatoms. The molecular weight excluding hydrogens is 851 g/mol. The van der Waals surface area contributed by atoms with Gasteiger partial charge in [0.15, 0.2) is 5.84 Å². The van der Waals surface area contributed by atoms with Crippen LogP contribution in [0.1, 0.15) is 29.5 Å². The fraction of sp³-hybridized carbons (Fsp3) is 0.0323. The predicted octanol–water partition coefficient (Wildman–Crippen LogP) is 17.3. The van der Waals surface area contributed by atoms with Crippen molar-refractivity contribution in [2.75, 3.05) is 0 Å². The molecule has 5 heterocycles. The molecule has 0 bridgehead atoms. The van der Waals surface area contributed by atoms with Crippen molar-refractivity contribution < 1.29 is 8.83 Å². The van der Waals surface area contributed by atoms with Crippen LogP contribution in [-0.4, -0.2) is 16.1 Å². The minimum absolute atomic E-state index is 0.611. The van der Waals surface area contributed by atoms with Crippen molar-refractivity contribution in [1.82, 2.24) is 4.57 Å². The van der Waals surface area contributed by atoms with Crippen LogP contribution in [-0.2, 0) is 0 Å². The molecule has 0 saturated heterocycles. The Balaban J connectivity index is 1.10. The van der Waals surface area contributed by atoms with Crippen molar-refractivity contribution in [2.45, 2.75) is 12.8 Å². The van der Waals surface area contributed by atoms with E-state index in [0.29, 0.717) is 12.3 Å². The van der Waals surface area contributed by atoms with Gasteiger partial charge in [-0.25, -0.2) is 9.98 Å². The Kier molecular flexibility index (Phi) is 8.00. The number of thiophene rings is 1. The molecule has 0 amide bonds. The molecule has 0 spiro atoms. The molecule has 0 radical (unpaired) electrons. The van der Waals surface area contributed by atoms with Crippen LogP contribution in [0.15, 0.2) is 219 Å². The number of amidine groups is 1. The maximum absolute atomic E-state index is 6.92. The minimum atomic E-state index is 0.611. The number of furan rings is 2. The standard InChI is InChI=1S/C62H37N3O2S/c1-3-16-38-34-53-47(32-36(38)14-1)40-18-5-8-27-51(40)65(53)52-30-31-55-58(48-33-37-15-2-4-17-39(37)35-56(48)66-55)59(52)62-63-49(45-23-11-21-43-41-19-6-9-28-54(41)67-60(43)45)25-13-26-50(64-62)46-24-12-22-44-42-20-7-10-29-57(42)68-61(44)46/h1-12,14-24,26-35H,13,25H2. The number of hydrogen-bond acceptors (Lipinski definition) is 5. The molecule has 10 aromatic carbocycles. The van der Waals surface area contributed by atoms with Crippen LogP contribution in [0, 0.1) is 0 Å². The summed E-state index contributed by atoms with van der Waals surface area (Å²) in [7, 11) is 0. The van der Waals surface area contributed by atoms with Gasteiger partial charge < -0.3 is 13.4 Å². The zero-order valence-electron chi connectivity index (χ0n) is 36.5. The van der Waals surface area contributed by atoms with E-state index < -0.39 is 0 Å². The highest BCUT2D eigenvalue weighted by molar-refractivity contribution is 7.26. The molecule has 68 heavy (non-hydrogen) atoms. The molecule has 5 nitrogen and oxygen atoms in total. The molecule has 0 atom stereocenters. The van der Waals surface area contributed by atoms with E-state index in [0.717, 1.165) is 106 Å². The van der Waals surface area contributed by atoms with E-state index >= 15 is 0 Å². The second kappa shape index (κ2) is 14.5. The molecule has 0 aliphatic carbocycles. The predicted molar refractivity (Wildman–Crippen MR) is 286 cm³/mol. The van der Waals surface area contributed by atoms with E-state index in [2.05, 4.69) is 193 Å². The summed E-state index contributed by atoms with van der Waals surface area (Å²) in [5.74, 6) is 0.611.